The van der Waals surface area contributed by atoms with Crippen LogP contribution in [0, 0.1) is 0 Å². The van der Waals surface area contributed by atoms with E-state index in [9.17, 15) is 8.78 Å². The van der Waals surface area contributed by atoms with Crippen LogP contribution in [-0.2, 0) is 11.2 Å². The summed E-state index contributed by atoms with van der Waals surface area (Å²) in [5.74, 6) is 0.946. The van der Waals surface area contributed by atoms with E-state index >= 15 is 0 Å². The summed E-state index contributed by atoms with van der Waals surface area (Å²) < 4.78 is 35.5. The van der Waals surface area contributed by atoms with E-state index in [1.807, 2.05) is 6.07 Å². The van der Waals surface area contributed by atoms with Gasteiger partial charge in [0.25, 0.3) is 0 Å². The molecule has 1 aliphatic heterocycles. The first-order valence-electron chi connectivity index (χ1n) is 10.1. The summed E-state index contributed by atoms with van der Waals surface area (Å²) in [5.41, 5.74) is 2.36. The predicted molar refractivity (Wildman–Crippen MR) is 101 cm³/mol. The zero-order valence-electron chi connectivity index (χ0n) is 15.6. The molecule has 1 aromatic heterocycles. The molecule has 27 heavy (non-hydrogen) atoms. The van der Waals surface area contributed by atoms with Crippen molar-refractivity contribution in [3.8, 4) is 5.75 Å². The molecule has 148 valence electrons. The molecule has 0 radical (unpaired) electrons. The Morgan fingerprint density at radius 3 is 2.78 bits per heavy atom. The van der Waals surface area contributed by atoms with E-state index < -0.39 is 6.61 Å². The number of aromatic amines is 1. The van der Waals surface area contributed by atoms with Crippen LogP contribution < -0.4 is 4.74 Å². The summed E-state index contributed by atoms with van der Waals surface area (Å²) in [7, 11) is 0. The average Bonchev–Trinajstić information content (AvgIpc) is 3.27. The molecule has 4 nitrogen and oxygen atoms in total. The zero-order chi connectivity index (χ0) is 18.6. The number of aromatic nitrogens is 1. The van der Waals surface area contributed by atoms with E-state index in [-0.39, 0.29) is 6.10 Å². The molecule has 0 unspecified atom stereocenters. The van der Waals surface area contributed by atoms with Crippen molar-refractivity contribution >= 4 is 10.9 Å². The summed E-state index contributed by atoms with van der Waals surface area (Å²) in [6.45, 7) is -0.423. The summed E-state index contributed by atoms with van der Waals surface area (Å²) >= 11 is 0. The largest absolute Gasteiger partial charge is 0.490 e. The van der Waals surface area contributed by atoms with Crippen molar-refractivity contribution in [2.75, 3.05) is 19.6 Å². The molecule has 1 aromatic carbocycles. The number of nitrogens with one attached hydrogen (secondary N) is 1. The molecule has 0 bridgehead atoms. The Kier molecular flexibility index (Phi) is 5.93. The normalized spacial score (nSPS) is 22.1. The number of hydrogen-bond acceptors (Lipinski definition) is 3. The minimum atomic E-state index is -2.67. The third-order valence-corrected chi connectivity index (χ3v) is 5.82. The smallest absolute Gasteiger partial charge is 0.345 e. The van der Waals surface area contributed by atoms with Crippen molar-refractivity contribution in [2.24, 2.45) is 0 Å². The SMILES string of the molecule is FC(F)O[C@H]1CCN(CCc2c[nH]c3ccc(OC4CCCCC4)cc23)C1. The Morgan fingerprint density at radius 2 is 1.96 bits per heavy atom. The fraction of sp³-hybridized carbons (Fsp3) is 0.619. The van der Waals surface area contributed by atoms with E-state index in [4.69, 9.17) is 4.74 Å². The number of ether oxygens (including phenoxy) is 2. The number of H-pyrrole nitrogens is 1. The van der Waals surface area contributed by atoms with Gasteiger partial charge in [0.05, 0.1) is 12.2 Å². The fourth-order valence-corrected chi connectivity index (χ4v) is 4.35. The lowest BCUT2D eigenvalue weighted by atomic mass is 9.98. The van der Waals surface area contributed by atoms with Gasteiger partial charge in [0, 0.05) is 36.7 Å². The van der Waals surface area contributed by atoms with Crippen LogP contribution in [0.2, 0.25) is 0 Å². The Hall–Kier alpha value is -1.66. The maximum Gasteiger partial charge on any atom is 0.345 e. The van der Waals surface area contributed by atoms with Crippen LogP contribution in [0.5, 0.6) is 5.75 Å². The number of likely N-dealkylation sites (tertiary alicyclic amines) is 1. The molecular weight excluding hydrogens is 350 g/mol. The molecule has 0 amide bonds. The summed E-state index contributed by atoms with van der Waals surface area (Å²) in [6.07, 6.45) is 9.75. The van der Waals surface area contributed by atoms with Crippen LogP contribution >= 0.6 is 0 Å². The van der Waals surface area contributed by atoms with Crippen LogP contribution in [0.1, 0.15) is 44.1 Å². The molecule has 1 aliphatic carbocycles. The summed E-state index contributed by atoms with van der Waals surface area (Å²) in [5, 5.41) is 1.20. The molecule has 2 heterocycles. The molecule has 0 spiro atoms. The predicted octanol–water partition coefficient (Wildman–Crippen LogP) is 4.74. The van der Waals surface area contributed by atoms with Crippen molar-refractivity contribution in [1.29, 1.82) is 0 Å². The third-order valence-electron chi connectivity index (χ3n) is 5.82. The second-order valence-corrected chi connectivity index (χ2v) is 7.76. The Bertz CT molecular complexity index is 743. The Labute approximate surface area is 158 Å². The van der Waals surface area contributed by atoms with E-state index in [0.29, 0.717) is 19.1 Å². The highest BCUT2D eigenvalue weighted by Gasteiger charge is 2.25. The van der Waals surface area contributed by atoms with E-state index in [2.05, 4.69) is 33.0 Å². The topological polar surface area (TPSA) is 37.5 Å². The average molecular weight is 378 g/mol. The van der Waals surface area contributed by atoms with Gasteiger partial charge >= 0.3 is 6.61 Å². The molecule has 6 heteroatoms. The van der Waals surface area contributed by atoms with Crippen LogP contribution in [0.15, 0.2) is 24.4 Å². The van der Waals surface area contributed by atoms with Crippen LogP contribution in [0.3, 0.4) is 0 Å². The van der Waals surface area contributed by atoms with E-state index in [1.54, 1.807) is 0 Å². The standard InChI is InChI=1S/C21H28F2N2O2/c22-21(23)27-18-9-11-25(14-18)10-8-15-13-24-20-7-6-17(12-19(15)20)26-16-4-2-1-3-5-16/h6-7,12-13,16,18,21,24H,1-5,8-11,14H2/t18-/m0/s1. The van der Waals surface area contributed by atoms with Crippen molar-refractivity contribution in [1.82, 2.24) is 9.88 Å². The van der Waals surface area contributed by atoms with Crippen LogP contribution in [0.4, 0.5) is 8.78 Å². The minimum Gasteiger partial charge on any atom is -0.490 e. The number of halogens is 2. The van der Waals surface area contributed by atoms with Crippen molar-refractivity contribution in [3.63, 3.8) is 0 Å². The maximum absolute atomic E-state index is 12.3. The highest BCUT2D eigenvalue weighted by molar-refractivity contribution is 5.84. The number of benzene rings is 1. The Morgan fingerprint density at radius 1 is 1.11 bits per heavy atom. The molecule has 4 rings (SSSR count). The van der Waals surface area contributed by atoms with E-state index in [1.165, 1.54) is 30.2 Å². The second-order valence-electron chi connectivity index (χ2n) is 7.76. The quantitative estimate of drug-likeness (QED) is 0.756. The van der Waals surface area contributed by atoms with Gasteiger partial charge in [-0.2, -0.15) is 8.78 Å². The summed E-state index contributed by atoms with van der Waals surface area (Å²) in [4.78, 5) is 5.53. The Balaban J connectivity index is 1.36. The lowest BCUT2D eigenvalue weighted by molar-refractivity contribution is -0.158. The maximum atomic E-state index is 12.3. The van der Waals surface area contributed by atoms with Gasteiger partial charge in [0.15, 0.2) is 0 Å². The van der Waals surface area contributed by atoms with Crippen molar-refractivity contribution in [3.05, 3.63) is 30.0 Å². The first-order chi connectivity index (χ1) is 13.2. The number of hydrogen-bond donors (Lipinski definition) is 1. The van der Waals surface area contributed by atoms with Gasteiger partial charge in [-0.05, 0) is 62.3 Å². The third kappa shape index (κ3) is 4.79. The molecule has 1 saturated heterocycles. The van der Waals surface area contributed by atoms with Gasteiger partial charge in [0.1, 0.15) is 5.75 Å². The molecular formula is C21H28F2N2O2. The monoisotopic (exact) mass is 378 g/mol. The van der Waals surface area contributed by atoms with Crippen LogP contribution in [0.25, 0.3) is 10.9 Å². The van der Waals surface area contributed by atoms with Gasteiger partial charge in [-0.3, -0.25) is 0 Å². The lowest BCUT2D eigenvalue weighted by Crippen LogP contribution is -2.26. The first-order valence-corrected chi connectivity index (χ1v) is 10.1. The second kappa shape index (κ2) is 8.57. The van der Waals surface area contributed by atoms with Gasteiger partial charge in [-0.1, -0.05) is 6.42 Å². The number of fused-ring (bicyclic) bond motifs is 1. The number of rotatable bonds is 7. The lowest BCUT2D eigenvalue weighted by Gasteiger charge is -2.23. The highest BCUT2D eigenvalue weighted by atomic mass is 19.3. The molecule has 1 saturated carbocycles. The molecule has 2 aromatic rings. The highest BCUT2D eigenvalue weighted by Crippen LogP contribution is 2.28. The number of alkyl halides is 2. The zero-order valence-corrected chi connectivity index (χ0v) is 15.6. The van der Waals surface area contributed by atoms with Gasteiger partial charge in [-0.25, -0.2) is 0 Å². The molecule has 1 atom stereocenters. The molecule has 2 fully saturated rings. The van der Waals surface area contributed by atoms with Crippen molar-refractivity contribution < 1.29 is 18.3 Å². The first kappa shape index (κ1) is 18.7. The minimum absolute atomic E-state index is 0.343. The summed E-state index contributed by atoms with van der Waals surface area (Å²) in [6, 6.07) is 6.27. The number of nitrogens with zero attached hydrogens (tertiary/aromatic N) is 1. The molecule has 1 N–H and O–H groups in total. The van der Waals surface area contributed by atoms with Gasteiger partial charge in [0.2, 0.25) is 0 Å². The van der Waals surface area contributed by atoms with Crippen LogP contribution in [-0.4, -0.2) is 48.3 Å². The molecule has 2 aliphatic rings. The van der Waals surface area contributed by atoms with E-state index in [0.717, 1.165) is 43.6 Å². The van der Waals surface area contributed by atoms with Crippen molar-refractivity contribution in [2.45, 2.75) is 63.8 Å². The fourth-order valence-electron chi connectivity index (χ4n) is 4.35. The van der Waals surface area contributed by atoms with Gasteiger partial charge in [-0.15, -0.1) is 0 Å². The van der Waals surface area contributed by atoms with Gasteiger partial charge < -0.3 is 19.4 Å².